The summed E-state index contributed by atoms with van der Waals surface area (Å²) in [5.41, 5.74) is 6.87. The first-order valence-electron chi connectivity index (χ1n) is 6.97. The fraction of sp³-hybridized carbons (Fsp3) is 0.538. The molecule has 2 atom stereocenters. The molecule has 2 unspecified atom stereocenters. The van der Waals surface area contributed by atoms with E-state index in [0.717, 1.165) is 24.2 Å². The Hall–Kier alpha value is -1.09. The summed E-state index contributed by atoms with van der Waals surface area (Å²) in [5, 5.41) is 0. The summed E-state index contributed by atoms with van der Waals surface area (Å²) in [6.45, 7) is 2.99. The minimum atomic E-state index is -3.59. The van der Waals surface area contributed by atoms with Crippen molar-refractivity contribution in [3.05, 3.63) is 18.2 Å². The number of hydrogen-bond acceptors (Lipinski definition) is 5. The minimum Gasteiger partial charge on any atom is -0.329 e. The van der Waals surface area contributed by atoms with Crippen LogP contribution < -0.4 is 5.73 Å². The number of hydrogen-bond donors (Lipinski definition) is 1. The first-order chi connectivity index (χ1) is 10.0. The standard InChI is InChI=1S/C13H18N4O2S2/c1-9-5-6-17(10(7-9)8-14)21(18,19)12-4-2-3-11-13(12)16-20-15-11/h2-4,9-10H,5-8,14H2,1H3. The van der Waals surface area contributed by atoms with E-state index in [2.05, 4.69) is 15.6 Å². The van der Waals surface area contributed by atoms with Crippen molar-refractivity contribution in [3.8, 4) is 0 Å². The lowest BCUT2D eigenvalue weighted by molar-refractivity contribution is 0.211. The Morgan fingerprint density at radius 1 is 1.43 bits per heavy atom. The number of fused-ring (bicyclic) bond motifs is 1. The maximum absolute atomic E-state index is 13.0. The van der Waals surface area contributed by atoms with Crippen molar-refractivity contribution in [2.45, 2.75) is 30.7 Å². The molecular formula is C13H18N4O2S2. The van der Waals surface area contributed by atoms with Crippen LogP contribution in [0.5, 0.6) is 0 Å². The van der Waals surface area contributed by atoms with Crippen LogP contribution in [0.4, 0.5) is 11.4 Å². The third-order valence-corrected chi connectivity index (χ3v) is 6.56. The molecule has 0 aromatic heterocycles. The third-order valence-electron chi connectivity index (χ3n) is 4.03. The van der Waals surface area contributed by atoms with Crippen LogP contribution in [0.2, 0.25) is 0 Å². The van der Waals surface area contributed by atoms with E-state index in [9.17, 15) is 8.42 Å². The molecule has 0 spiro atoms. The molecule has 114 valence electrons. The molecule has 0 amide bonds. The molecule has 2 N–H and O–H groups in total. The average molecular weight is 326 g/mol. The first-order valence-corrected chi connectivity index (χ1v) is 9.14. The molecule has 1 saturated heterocycles. The molecule has 21 heavy (non-hydrogen) atoms. The van der Waals surface area contributed by atoms with Crippen molar-refractivity contribution >= 4 is 32.8 Å². The van der Waals surface area contributed by atoms with Gasteiger partial charge in [-0.05, 0) is 30.9 Å². The summed E-state index contributed by atoms with van der Waals surface area (Å²) in [5.74, 6) is 0.502. The Labute approximate surface area is 128 Å². The molecule has 1 aromatic carbocycles. The number of piperidine rings is 1. The molecule has 0 radical (unpaired) electrons. The second kappa shape index (κ2) is 5.60. The maximum Gasteiger partial charge on any atom is 0.245 e. The highest BCUT2D eigenvalue weighted by Gasteiger charge is 2.36. The number of nitrogens with two attached hydrogens (primary N) is 1. The van der Waals surface area contributed by atoms with Crippen molar-refractivity contribution in [2.24, 2.45) is 20.4 Å². The molecule has 8 heteroatoms. The van der Waals surface area contributed by atoms with Crippen LogP contribution in [0, 0.1) is 5.92 Å². The lowest BCUT2D eigenvalue weighted by Crippen LogP contribution is -2.49. The number of nitrogens with zero attached hydrogens (tertiary/aromatic N) is 3. The van der Waals surface area contributed by atoms with Crippen LogP contribution >= 0.6 is 0 Å². The van der Waals surface area contributed by atoms with Gasteiger partial charge in [-0.15, -0.1) is 0 Å². The third kappa shape index (κ3) is 2.57. The van der Waals surface area contributed by atoms with Gasteiger partial charge in [0.2, 0.25) is 10.0 Å². The van der Waals surface area contributed by atoms with Crippen molar-refractivity contribution in [1.82, 2.24) is 4.31 Å². The van der Waals surface area contributed by atoms with Crippen LogP contribution in [-0.2, 0) is 21.4 Å². The highest BCUT2D eigenvalue weighted by molar-refractivity contribution is 7.89. The molecule has 2 aliphatic rings. The average Bonchev–Trinajstić information content (AvgIpc) is 2.94. The van der Waals surface area contributed by atoms with Gasteiger partial charge in [-0.1, -0.05) is 13.0 Å². The van der Waals surface area contributed by atoms with E-state index in [1.54, 1.807) is 22.5 Å². The van der Waals surface area contributed by atoms with Crippen molar-refractivity contribution in [1.29, 1.82) is 0 Å². The van der Waals surface area contributed by atoms with Gasteiger partial charge in [0.25, 0.3) is 0 Å². The Morgan fingerprint density at radius 2 is 2.24 bits per heavy atom. The van der Waals surface area contributed by atoms with Gasteiger partial charge in [0.05, 0.1) is 11.4 Å². The zero-order valence-electron chi connectivity index (χ0n) is 11.8. The van der Waals surface area contributed by atoms with Gasteiger partial charge in [0, 0.05) is 19.1 Å². The van der Waals surface area contributed by atoms with Crippen LogP contribution in [0.1, 0.15) is 19.8 Å². The van der Waals surface area contributed by atoms with Gasteiger partial charge in [0.15, 0.2) is 0 Å². The zero-order chi connectivity index (χ0) is 15.0. The molecule has 0 bridgehead atoms. The van der Waals surface area contributed by atoms with E-state index < -0.39 is 10.0 Å². The van der Waals surface area contributed by atoms with Gasteiger partial charge >= 0.3 is 0 Å². The van der Waals surface area contributed by atoms with Gasteiger partial charge in [-0.2, -0.15) is 13.0 Å². The fourth-order valence-corrected chi connectivity index (χ4v) is 5.29. The van der Waals surface area contributed by atoms with Crippen molar-refractivity contribution in [2.75, 3.05) is 13.1 Å². The molecule has 1 aromatic rings. The quantitative estimate of drug-likeness (QED) is 0.937. The number of benzene rings is 1. The summed E-state index contributed by atoms with van der Waals surface area (Å²) >= 11 is 1.03. The summed E-state index contributed by atoms with van der Waals surface area (Å²) in [4.78, 5) is 0.238. The molecule has 0 aliphatic carbocycles. The van der Waals surface area contributed by atoms with E-state index in [1.807, 2.05) is 0 Å². The second-order valence-electron chi connectivity index (χ2n) is 5.52. The van der Waals surface area contributed by atoms with E-state index >= 15 is 0 Å². The van der Waals surface area contributed by atoms with Gasteiger partial charge in [-0.3, -0.25) is 0 Å². The molecule has 3 rings (SSSR count). The summed E-state index contributed by atoms with van der Waals surface area (Å²) in [6, 6.07) is 4.95. The second-order valence-corrected chi connectivity index (χ2v) is 7.91. The maximum atomic E-state index is 13.0. The van der Waals surface area contributed by atoms with Crippen LogP contribution in [0.15, 0.2) is 31.8 Å². The smallest absolute Gasteiger partial charge is 0.245 e. The number of sulfonamides is 1. The molecule has 1 fully saturated rings. The monoisotopic (exact) mass is 326 g/mol. The molecule has 0 saturated carbocycles. The highest BCUT2D eigenvalue weighted by atomic mass is 32.2. The van der Waals surface area contributed by atoms with E-state index in [1.165, 1.54) is 0 Å². The topological polar surface area (TPSA) is 88.1 Å². The lowest BCUT2D eigenvalue weighted by atomic mass is 9.94. The van der Waals surface area contributed by atoms with E-state index in [4.69, 9.17) is 5.73 Å². The molecule has 6 nitrogen and oxygen atoms in total. The summed E-state index contributed by atoms with van der Waals surface area (Å²) in [6.07, 6.45) is 1.67. The normalized spacial score (nSPS) is 25.6. The Kier molecular flexibility index (Phi) is 3.96. The van der Waals surface area contributed by atoms with E-state index in [-0.39, 0.29) is 10.9 Å². The lowest BCUT2D eigenvalue weighted by Gasteiger charge is -2.36. The Morgan fingerprint density at radius 3 is 3.00 bits per heavy atom. The molecule has 2 aliphatic heterocycles. The predicted molar refractivity (Wildman–Crippen MR) is 83.1 cm³/mol. The van der Waals surface area contributed by atoms with Gasteiger partial charge in [-0.25, -0.2) is 8.42 Å². The Bertz CT molecular complexity index is 726. The minimum absolute atomic E-state index is 0.138. The molecule has 2 heterocycles. The van der Waals surface area contributed by atoms with Crippen LogP contribution in [0.3, 0.4) is 0 Å². The van der Waals surface area contributed by atoms with Gasteiger partial charge < -0.3 is 5.73 Å². The molecular weight excluding hydrogens is 308 g/mol. The highest BCUT2D eigenvalue weighted by Crippen LogP contribution is 2.39. The largest absolute Gasteiger partial charge is 0.329 e. The first kappa shape index (κ1) is 14.8. The van der Waals surface area contributed by atoms with Crippen LogP contribution in [-0.4, -0.2) is 31.9 Å². The summed E-state index contributed by atoms with van der Waals surface area (Å²) < 4.78 is 35.8. The van der Waals surface area contributed by atoms with Gasteiger partial charge in [0.1, 0.15) is 16.3 Å². The predicted octanol–water partition coefficient (Wildman–Crippen LogP) is 2.16. The van der Waals surface area contributed by atoms with E-state index in [0.29, 0.717) is 30.4 Å². The van der Waals surface area contributed by atoms with Crippen molar-refractivity contribution in [3.63, 3.8) is 0 Å². The fourth-order valence-electron chi connectivity index (χ4n) is 2.88. The Balaban J connectivity index is 2.01. The SMILES string of the molecule is CC1CCN(S(=O)(=O)c2cccc3c2N=S=N3)C(CN)C1. The zero-order valence-corrected chi connectivity index (χ0v) is 13.4. The number of rotatable bonds is 3. The summed E-state index contributed by atoms with van der Waals surface area (Å²) in [7, 11) is -3.59. The van der Waals surface area contributed by atoms with Crippen molar-refractivity contribution < 1.29 is 8.42 Å². The van der Waals surface area contributed by atoms with Crippen LogP contribution in [0.25, 0.3) is 0 Å².